The molecule has 2 aromatic heterocycles. The van der Waals surface area contributed by atoms with E-state index in [2.05, 4.69) is 5.10 Å². The number of primary amides is 1. The number of nitrogens with two attached hydrogens (primary N) is 2. The van der Waals surface area contributed by atoms with Crippen molar-refractivity contribution in [1.29, 1.82) is 0 Å². The van der Waals surface area contributed by atoms with Crippen molar-refractivity contribution >= 4 is 28.8 Å². The molecule has 0 spiro atoms. The third-order valence-electron chi connectivity index (χ3n) is 2.93. The maximum absolute atomic E-state index is 11.1. The molecule has 2 heterocycles. The van der Waals surface area contributed by atoms with Gasteiger partial charge >= 0.3 is 0 Å². The molecule has 2 aromatic rings. The Morgan fingerprint density at radius 1 is 1.58 bits per heavy atom. The molecular formula is C12H15ClN4OS. The summed E-state index contributed by atoms with van der Waals surface area (Å²) >= 11 is 7.43. The zero-order valence-corrected chi connectivity index (χ0v) is 12.0. The first-order valence-corrected chi connectivity index (χ1v) is 7.07. The van der Waals surface area contributed by atoms with Gasteiger partial charge in [0.05, 0.1) is 16.1 Å². The van der Waals surface area contributed by atoms with Gasteiger partial charge in [0, 0.05) is 17.1 Å². The average molecular weight is 299 g/mol. The van der Waals surface area contributed by atoms with Crippen LogP contribution in [0.5, 0.6) is 0 Å². The number of aromatic nitrogens is 2. The summed E-state index contributed by atoms with van der Waals surface area (Å²) in [4.78, 5) is 12.1. The van der Waals surface area contributed by atoms with Crippen LogP contribution in [0.3, 0.4) is 0 Å². The lowest BCUT2D eigenvalue weighted by molar-refractivity contribution is 0.1000. The minimum Gasteiger partial charge on any atom is -0.366 e. The zero-order chi connectivity index (χ0) is 14.0. The van der Waals surface area contributed by atoms with Gasteiger partial charge in [-0.15, -0.1) is 11.3 Å². The molecule has 102 valence electrons. The van der Waals surface area contributed by atoms with Gasteiger partial charge in [0.25, 0.3) is 5.91 Å². The molecule has 0 aliphatic rings. The second kappa shape index (κ2) is 5.73. The molecule has 0 saturated carbocycles. The van der Waals surface area contributed by atoms with Crippen LogP contribution < -0.4 is 11.5 Å². The first kappa shape index (κ1) is 14.0. The quantitative estimate of drug-likeness (QED) is 0.885. The smallest absolute Gasteiger partial charge is 0.251 e. The molecule has 1 amide bonds. The van der Waals surface area contributed by atoms with Gasteiger partial charge in [-0.1, -0.05) is 18.5 Å². The number of halogens is 1. The Morgan fingerprint density at radius 2 is 2.32 bits per heavy atom. The van der Waals surface area contributed by atoms with Crippen molar-refractivity contribution in [2.45, 2.75) is 25.4 Å². The Morgan fingerprint density at radius 3 is 2.79 bits per heavy atom. The van der Waals surface area contributed by atoms with Crippen LogP contribution >= 0.6 is 22.9 Å². The summed E-state index contributed by atoms with van der Waals surface area (Å²) in [7, 11) is 0. The van der Waals surface area contributed by atoms with Gasteiger partial charge in [-0.3, -0.25) is 9.48 Å². The Balaban J connectivity index is 2.39. The molecule has 0 fully saturated rings. The number of thiophene rings is 1. The fourth-order valence-electron chi connectivity index (χ4n) is 1.87. The highest BCUT2D eigenvalue weighted by Gasteiger charge is 2.23. The molecule has 2 rings (SSSR count). The Bertz CT molecular complexity index is 580. The molecule has 4 N–H and O–H groups in total. The number of hydrogen-bond donors (Lipinski definition) is 2. The highest BCUT2D eigenvalue weighted by molar-refractivity contribution is 7.16. The van der Waals surface area contributed by atoms with Gasteiger partial charge in [-0.05, 0) is 18.6 Å². The van der Waals surface area contributed by atoms with Crippen LogP contribution in [0.25, 0.3) is 0 Å². The SMILES string of the molecule is CCC(N)C(c1ccc(Cl)s1)n1cc(C(N)=O)cn1. The van der Waals surface area contributed by atoms with Gasteiger partial charge < -0.3 is 11.5 Å². The molecule has 0 aliphatic heterocycles. The maximum atomic E-state index is 11.1. The van der Waals surface area contributed by atoms with Crippen molar-refractivity contribution in [2.75, 3.05) is 0 Å². The van der Waals surface area contributed by atoms with E-state index in [0.29, 0.717) is 9.90 Å². The lowest BCUT2D eigenvalue weighted by atomic mass is 10.1. The van der Waals surface area contributed by atoms with Gasteiger partial charge in [0.2, 0.25) is 0 Å². The fraction of sp³-hybridized carbons (Fsp3) is 0.333. The molecule has 0 bridgehead atoms. The van der Waals surface area contributed by atoms with Crippen LogP contribution in [0.4, 0.5) is 0 Å². The van der Waals surface area contributed by atoms with Gasteiger partial charge in [-0.25, -0.2) is 0 Å². The Labute approximate surface area is 120 Å². The predicted molar refractivity (Wildman–Crippen MR) is 76.5 cm³/mol. The lowest BCUT2D eigenvalue weighted by Gasteiger charge is -2.22. The van der Waals surface area contributed by atoms with Crippen molar-refractivity contribution in [3.05, 3.63) is 39.3 Å². The zero-order valence-electron chi connectivity index (χ0n) is 10.4. The summed E-state index contributed by atoms with van der Waals surface area (Å²) in [6.07, 6.45) is 3.86. The topological polar surface area (TPSA) is 86.9 Å². The summed E-state index contributed by atoms with van der Waals surface area (Å²) in [6, 6.07) is 3.50. The molecule has 5 nitrogen and oxygen atoms in total. The highest BCUT2D eigenvalue weighted by Crippen LogP contribution is 2.31. The second-order valence-corrected chi connectivity index (χ2v) is 5.98. The van der Waals surface area contributed by atoms with Crippen molar-refractivity contribution < 1.29 is 4.79 Å². The van der Waals surface area contributed by atoms with E-state index in [1.807, 2.05) is 19.1 Å². The Hall–Kier alpha value is -1.37. The summed E-state index contributed by atoms with van der Waals surface area (Å²) in [5.74, 6) is -0.501. The van der Waals surface area contributed by atoms with Crippen molar-refractivity contribution in [3.63, 3.8) is 0 Å². The summed E-state index contributed by atoms with van der Waals surface area (Å²) in [5.41, 5.74) is 11.8. The van der Waals surface area contributed by atoms with E-state index >= 15 is 0 Å². The third-order valence-corrected chi connectivity index (χ3v) is 4.24. The number of nitrogens with zero attached hydrogens (tertiary/aromatic N) is 2. The first-order valence-electron chi connectivity index (χ1n) is 5.87. The molecule has 7 heteroatoms. The van der Waals surface area contributed by atoms with Crippen LogP contribution in [-0.2, 0) is 0 Å². The summed E-state index contributed by atoms with van der Waals surface area (Å²) < 4.78 is 2.38. The van der Waals surface area contributed by atoms with Gasteiger partial charge in [-0.2, -0.15) is 5.10 Å². The van der Waals surface area contributed by atoms with Crippen LogP contribution in [-0.4, -0.2) is 21.7 Å². The van der Waals surface area contributed by atoms with E-state index < -0.39 is 5.91 Å². The fourth-order valence-corrected chi connectivity index (χ4v) is 3.10. The molecule has 2 atom stereocenters. The molecule has 0 radical (unpaired) electrons. The molecule has 0 aromatic carbocycles. The predicted octanol–water partition coefficient (Wildman–Crippen LogP) is 2.02. The Kier molecular flexibility index (Phi) is 4.24. The van der Waals surface area contributed by atoms with E-state index in [1.54, 1.807) is 10.9 Å². The number of carbonyl (C=O) groups excluding carboxylic acids is 1. The maximum Gasteiger partial charge on any atom is 0.251 e. The van der Waals surface area contributed by atoms with E-state index in [9.17, 15) is 4.79 Å². The monoisotopic (exact) mass is 298 g/mol. The van der Waals surface area contributed by atoms with E-state index in [-0.39, 0.29) is 12.1 Å². The first-order chi connectivity index (χ1) is 9.02. The molecule has 0 aliphatic carbocycles. The second-order valence-electron chi connectivity index (χ2n) is 4.23. The largest absolute Gasteiger partial charge is 0.366 e. The third kappa shape index (κ3) is 2.97. The van der Waals surface area contributed by atoms with Crippen LogP contribution in [0.15, 0.2) is 24.5 Å². The number of rotatable bonds is 5. The highest BCUT2D eigenvalue weighted by atomic mass is 35.5. The number of carbonyl (C=O) groups is 1. The van der Waals surface area contributed by atoms with E-state index in [1.165, 1.54) is 17.5 Å². The summed E-state index contributed by atoms with van der Waals surface area (Å²) in [5, 5.41) is 4.19. The van der Waals surface area contributed by atoms with Crippen LogP contribution in [0.2, 0.25) is 4.34 Å². The number of hydrogen-bond acceptors (Lipinski definition) is 4. The van der Waals surface area contributed by atoms with Crippen LogP contribution in [0, 0.1) is 0 Å². The van der Waals surface area contributed by atoms with Crippen molar-refractivity contribution in [3.8, 4) is 0 Å². The van der Waals surface area contributed by atoms with Gasteiger partial charge in [0.15, 0.2) is 0 Å². The molecule has 19 heavy (non-hydrogen) atoms. The van der Waals surface area contributed by atoms with E-state index in [0.717, 1.165) is 11.3 Å². The van der Waals surface area contributed by atoms with Crippen molar-refractivity contribution in [1.82, 2.24) is 9.78 Å². The molecular weight excluding hydrogens is 284 g/mol. The summed E-state index contributed by atoms with van der Waals surface area (Å²) in [6.45, 7) is 2.01. The number of amides is 1. The van der Waals surface area contributed by atoms with E-state index in [4.69, 9.17) is 23.1 Å². The standard InChI is InChI=1S/C12H15ClN4OS/c1-2-8(14)11(9-3-4-10(13)19-9)17-6-7(5-16-17)12(15)18/h3-6,8,11H,2,14H2,1H3,(H2,15,18). The molecule has 2 unspecified atom stereocenters. The normalized spacial score (nSPS) is 14.3. The molecule has 0 saturated heterocycles. The average Bonchev–Trinajstić information content (AvgIpc) is 2.99. The van der Waals surface area contributed by atoms with Crippen LogP contribution in [0.1, 0.15) is 34.6 Å². The van der Waals surface area contributed by atoms with Crippen molar-refractivity contribution in [2.24, 2.45) is 11.5 Å². The minimum absolute atomic E-state index is 0.115. The minimum atomic E-state index is -0.501. The van der Waals surface area contributed by atoms with Gasteiger partial charge in [0.1, 0.15) is 6.04 Å². The lowest BCUT2D eigenvalue weighted by Crippen LogP contribution is -2.32.